The molecule has 2 aliphatic rings. The molecule has 0 spiro atoms. The van der Waals surface area contributed by atoms with Gasteiger partial charge in [-0.25, -0.2) is 0 Å². The maximum Gasteiger partial charge on any atom is 0.223 e. The van der Waals surface area contributed by atoms with Crippen molar-refractivity contribution in [2.75, 3.05) is 13.1 Å². The molecule has 1 aliphatic carbocycles. The summed E-state index contributed by atoms with van der Waals surface area (Å²) in [6.07, 6.45) is 7.04. The van der Waals surface area contributed by atoms with Crippen molar-refractivity contribution in [2.24, 2.45) is 5.92 Å². The van der Waals surface area contributed by atoms with E-state index in [0.717, 1.165) is 13.1 Å². The Hall–Kier alpha value is -1.87. The highest BCUT2D eigenvalue weighted by atomic mass is 16.2. The average Bonchev–Trinajstić information content (AvgIpc) is 3.07. The van der Waals surface area contributed by atoms with Crippen molar-refractivity contribution in [1.29, 1.82) is 0 Å². The fourth-order valence-corrected chi connectivity index (χ4v) is 4.77. The molecule has 0 bridgehead atoms. The van der Waals surface area contributed by atoms with E-state index < -0.39 is 0 Å². The van der Waals surface area contributed by atoms with Gasteiger partial charge in [0, 0.05) is 31.6 Å². The van der Waals surface area contributed by atoms with Crippen LogP contribution in [0.3, 0.4) is 0 Å². The minimum atomic E-state index is 0.292. The van der Waals surface area contributed by atoms with Crippen LogP contribution in [0.15, 0.2) is 42.5 Å². The number of hydrogen-bond donors (Lipinski definition) is 1. The summed E-state index contributed by atoms with van der Waals surface area (Å²) in [6.45, 7) is 4.09. The molecule has 1 amide bonds. The molecule has 2 aromatic carbocycles. The fourth-order valence-electron chi connectivity index (χ4n) is 4.77. The van der Waals surface area contributed by atoms with Gasteiger partial charge in [0.05, 0.1) is 0 Å². The Labute approximate surface area is 156 Å². The number of nitrogens with one attached hydrogen (secondary N) is 1. The van der Waals surface area contributed by atoms with Crippen LogP contribution in [0.5, 0.6) is 0 Å². The number of likely N-dealkylation sites (tertiary alicyclic amines) is 1. The van der Waals surface area contributed by atoms with Gasteiger partial charge in [0.2, 0.25) is 5.91 Å². The summed E-state index contributed by atoms with van der Waals surface area (Å²) in [4.78, 5) is 14.7. The van der Waals surface area contributed by atoms with E-state index in [2.05, 4.69) is 59.6 Å². The molecule has 1 saturated heterocycles. The van der Waals surface area contributed by atoms with Crippen LogP contribution < -0.4 is 5.32 Å². The largest absolute Gasteiger partial charge is 0.339 e. The zero-order valence-corrected chi connectivity index (χ0v) is 15.8. The van der Waals surface area contributed by atoms with Gasteiger partial charge in [-0.15, -0.1) is 0 Å². The van der Waals surface area contributed by atoms with Crippen LogP contribution in [0, 0.1) is 5.92 Å². The van der Waals surface area contributed by atoms with Gasteiger partial charge < -0.3 is 10.2 Å². The van der Waals surface area contributed by atoms with Gasteiger partial charge in [0.15, 0.2) is 0 Å². The lowest BCUT2D eigenvalue weighted by molar-refractivity contribution is -0.130. The Kier molecular flexibility index (Phi) is 5.26. The van der Waals surface area contributed by atoms with E-state index in [1.54, 1.807) is 0 Å². The summed E-state index contributed by atoms with van der Waals surface area (Å²) in [7, 11) is 0. The van der Waals surface area contributed by atoms with Crippen molar-refractivity contribution in [1.82, 2.24) is 10.2 Å². The maximum atomic E-state index is 12.5. The van der Waals surface area contributed by atoms with E-state index in [-0.39, 0.29) is 0 Å². The van der Waals surface area contributed by atoms with Crippen molar-refractivity contribution in [3.8, 4) is 0 Å². The smallest absolute Gasteiger partial charge is 0.223 e. The quantitative estimate of drug-likeness (QED) is 0.850. The first-order valence-electron chi connectivity index (χ1n) is 10.2. The van der Waals surface area contributed by atoms with E-state index in [9.17, 15) is 4.79 Å². The van der Waals surface area contributed by atoms with Gasteiger partial charge in [-0.1, -0.05) is 61.7 Å². The molecule has 0 radical (unpaired) electrons. The highest BCUT2D eigenvalue weighted by Crippen LogP contribution is 2.29. The first kappa shape index (κ1) is 17.5. The molecule has 3 heteroatoms. The monoisotopic (exact) mass is 350 g/mol. The predicted octanol–water partition coefficient (Wildman–Crippen LogP) is 4.67. The molecule has 4 rings (SSSR count). The summed E-state index contributed by atoms with van der Waals surface area (Å²) in [5.41, 5.74) is 1.34. The van der Waals surface area contributed by atoms with E-state index >= 15 is 0 Å². The summed E-state index contributed by atoms with van der Waals surface area (Å²) in [5, 5.41) is 6.31. The van der Waals surface area contributed by atoms with Gasteiger partial charge in [-0.3, -0.25) is 4.79 Å². The lowest BCUT2D eigenvalue weighted by Gasteiger charge is -2.31. The SMILES string of the molecule is C[C@@H](NCC1CC(=O)N(C2CCCCC2)C1)c1cccc2ccccc12. The summed E-state index contributed by atoms with van der Waals surface area (Å²) < 4.78 is 0. The lowest BCUT2D eigenvalue weighted by atomic mass is 9.94. The van der Waals surface area contributed by atoms with E-state index in [1.165, 1.54) is 48.4 Å². The predicted molar refractivity (Wildman–Crippen MR) is 107 cm³/mol. The van der Waals surface area contributed by atoms with Gasteiger partial charge in [0.25, 0.3) is 0 Å². The molecule has 1 heterocycles. The van der Waals surface area contributed by atoms with E-state index in [0.29, 0.717) is 30.3 Å². The second kappa shape index (κ2) is 7.79. The molecule has 1 N–H and O–H groups in total. The number of amides is 1. The van der Waals surface area contributed by atoms with Gasteiger partial charge in [-0.2, -0.15) is 0 Å². The Morgan fingerprint density at radius 1 is 1.08 bits per heavy atom. The van der Waals surface area contributed by atoms with Crippen molar-refractivity contribution in [3.63, 3.8) is 0 Å². The maximum absolute atomic E-state index is 12.5. The third kappa shape index (κ3) is 3.64. The first-order valence-corrected chi connectivity index (χ1v) is 10.2. The van der Waals surface area contributed by atoms with Gasteiger partial charge in [-0.05, 0) is 42.0 Å². The molecular weight excluding hydrogens is 320 g/mol. The highest BCUT2D eigenvalue weighted by molar-refractivity contribution is 5.86. The van der Waals surface area contributed by atoms with Crippen LogP contribution in [0.2, 0.25) is 0 Å². The van der Waals surface area contributed by atoms with Crippen LogP contribution in [0.25, 0.3) is 10.8 Å². The van der Waals surface area contributed by atoms with Crippen molar-refractivity contribution in [2.45, 2.75) is 57.5 Å². The molecule has 3 nitrogen and oxygen atoms in total. The first-order chi connectivity index (χ1) is 12.7. The van der Waals surface area contributed by atoms with Crippen molar-refractivity contribution < 1.29 is 4.79 Å². The number of benzene rings is 2. The summed E-state index contributed by atoms with van der Waals surface area (Å²) in [6, 6.07) is 15.9. The topological polar surface area (TPSA) is 32.3 Å². The number of nitrogens with zero attached hydrogens (tertiary/aromatic N) is 1. The molecule has 0 aromatic heterocycles. The minimum absolute atomic E-state index is 0.292. The highest BCUT2D eigenvalue weighted by Gasteiger charge is 2.34. The van der Waals surface area contributed by atoms with Crippen molar-refractivity contribution >= 4 is 16.7 Å². The number of carbonyl (C=O) groups is 1. The van der Waals surface area contributed by atoms with E-state index in [1.807, 2.05) is 0 Å². The van der Waals surface area contributed by atoms with Crippen LogP contribution >= 0.6 is 0 Å². The van der Waals surface area contributed by atoms with Crippen LogP contribution in [0.1, 0.15) is 57.1 Å². The number of fused-ring (bicyclic) bond motifs is 1. The Morgan fingerprint density at radius 3 is 2.69 bits per heavy atom. The molecule has 2 aromatic rings. The average molecular weight is 351 g/mol. The molecule has 26 heavy (non-hydrogen) atoms. The fraction of sp³-hybridized carbons (Fsp3) is 0.522. The second-order valence-electron chi connectivity index (χ2n) is 8.11. The standard InChI is InChI=1S/C23H30N2O/c1-17(21-13-7-9-19-8-5-6-12-22(19)21)24-15-18-14-23(26)25(16-18)20-10-3-2-4-11-20/h5-9,12-13,17-18,20,24H,2-4,10-11,14-16H2,1H3/t17-,18?/m1/s1. The molecule has 1 unspecified atom stereocenters. The zero-order valence-electron chi connectivity index (χ0n) is 15.8. The molecular formula is C23H30N2O. The molecule has 2 fully saturated rings. The molecule has 2 atom stereocenters. The number of carbonyl (C=O) groups excluding carboxylic acids is 1. The van der Waals surface area contributed by atoms with Crippen LogP contribution in [0.4, 0.5) is 0 Å². The second-order valence-corrected chi connectivity index (χ2v) is 8.11. The Balaban J connectivity index is 1.37. The number of hydrogen-bond acceptors (Lipinski definition) is 2. The molecule has 138 valence electrons. The normalized spacial score (nSPS) is 22.9. The van der Waals surface area contributed by atoms with E-state index in [4.69, 9.17) is 0 Å². The third-order valence-corrected chi connectivity index (χ3v) is 6.26. The lowest BCUT2D eigenvalue weighted by Crippen LogP contribution is -2.38. The summed E-state index contributed by atoms with van der Waals surface area (Å²) in [5.74, 6) is 0.823. The van der Waals surface area contributed by atoms with Gasteiger partial charge >= 0.3 is 0 Å². The zero-order chi connectivity index (χ0) is 17.9. The number of rotatable bonds is 5. The molecule has 1 saturated carbocycles. The van der Waals surface area contributed by atoms with Crippen LogP contribution in [-0.2, 0) is 4.79 Å². The van der Waals surface area contributed by atoms with Crippen molar-refractivity contribution in [3.05, 3.63) is 48.0 Å². The Bertz CT molecular complexity index is 760. The van der Waals surface area contributed by atoms with Crippen LogP contribution in [-0.4, -0.2) is 29.9 Å². The Morgan fingerprint density at radius 2 is 1.85 bits per heavy atom. The summed E-state index contributed by atoms with van der Waals surface area (Å²) >= 11 is 0. The van der Waals surface area contributed by atoms with Gasteiger partial charge in [0.1, 0.15) is 0 Å². The molecule has 1 aliphatic heterocycles. The third-order valence-electron chi connectivity index (χ3n) is 6.26. The minimum Gasteiger partial charge on any atom is -0.339 e.